The molecule has 1 heterocycles. The highest BCUT2D eigenvalue weighted by atomic mass is 19.1. The van der Waals surface area contributed by atoms with E-state index in [1.807, 2.05) is 6.92 Å². The maximum Gasteiger partial charge on any atom is 0.254 e. The van der Waals surface area contributed by atoms with Gasteiger partial charge in [-0.2, -0.15) is 0 Å². The van der Waals surface area contributed by atoms with Gasteiger partial charge in [-0.15, -0.1) is 0 Å². The van der Waals surface area contributed by atoms with Crippen molar-refractivity contribution in [2.75, 3.05) is 13.1 Å². The van der Waals surface area contributed by atoms with Gasteiger partial charge in [0.15, 0.2) is 0 Å². The maximum atomic E-state index is 13.9. The smallest absolute Gasteiger partial charge is 0.254 e. The number of rotatable bonds is 3. The lowest BCUT2D eigenvalue weighted by atomic mass is 9.92. The lowest BCUT2D eigenvalue weighted by Crippen LogP contribution is -2.44. The number of hydrogen-bond donors (Lipinski definition) is 2. The summed E-state index contributed by atoms with van der Waals surface area (Å²) in [6, 6.07) is 4.96. The molecule has 1 aromatic rings. The number of amides is 1. The molecular weight excluding hydrogens is 243 g/mol. The van der Waals surface area contributed by atoms with Crippen LogP contribution in [0.2, 0.25) is 0 Å². The van der Waals surface area contributed by atoms with Crippen LogP contribution in [0.5, 0.6) is 0 Å². The van der Waals surface area contributed by atoms with Crippen molar-refractivity contribution in [1.82, 2.24) is 10.6 Å². The van der Waals surface area contributed by atoms with Crippen molar-refractivity contribution in [1.29, 1.82) is 0 Å². The number of benzene rings is 1. The minimum absolute atomic E-state index is 0.0558. The standard InChI is InChI=1S/C15H21FN2O/c1-10-5-3-7-13(14(10)16)15(19)18-11(2)12-6-4-8-17-9-12/h3,5,7,11-12,17H,4,6,8-9H2,1-2H3,(H,18,19). The summed E-state index contributed by atoms with van der Waals surface area (Å²) < 4.78 is 13.9. The fraction of sp³-hybridized carbons (Fsp3) is 0.533. The van der Waals surface area contributed by atoms with Gasteiger partial charge in [0.2, 0.25) is 0 Å². The van der Waals surface area contributed by atoms with Gasteiger partial charge in [-0.1, -0.05) is 12.1 Å². The lowest BCUT2D eigenvalue weighted by Gasteiger charge is -2.29. The molecule has 0 aliphatic carbocycles. The molecule has 1 aliphatic rings. The van der Waals surface area contributed by atoms with Crippen molar-refractivity contribution < 1.29 is 9.18 Å². The molecule has 19 heavy (non-hydrogen) atoms. The minimum Gasteiger partial charge on any atom is -0.349 e. The fourth-order valence-electron chi connectivity index (χ4n) is 2.53. The van der Waals surface area contributed by atoms with E-state index in [9.17, 15) is 9.18 Å². The molecule has 1 fully saturated rings. The van der Waals surface area contributed by atoms with Crippen LogP contribution >= 0.6 is 0 Å². The van der Waals surface area contributed by atoms with E-state index in [0.717, 1.165) is 25.9 Å². The van der Waals surface area contributed by atoms with Crippen LogP contribution in [-0.2, 0) is 0 Å². The van der Waals surface area contributed by atoms with Gasteiger partial charge in [0.25, 0.3) is 5.91 Å². The molecule has 2 atom stereocenters. The van der Waals surface area contributed by atoms with Gasteiger partial charge in [-0.05, 0) is 57.3 Å². The Morgan fingerprint density at radius 3 is 3.00 bits per heavy atom. The number of piperidine rings is 1. The van der Waals surface area contributed by atoms with Crippen molar-refractivity contribution in [3.8, 4) is 0 Å². The first kappa shape index (κ1) is 14.0. The van der Waals surface area contributed by atoms with Crippen molar-refractivity contribution >= 4 is 5.91 Å². The first-order valence-corrected chi connectivity index (χ1v) is 6.86. The Bertz CT molecular complexity index is 455. The molecule has 104 valence electrons. The van der Waals surface area contributed by atoms with Crippen molar-refractivity contribution in [3.05, 3.63) is 35.1 Å². The number of carbonyl (C=O) groups is 1. The van der Waals surface area contributed by atoms with Crippen LogP contribution in [0.3, 0.4) is 0 Å². The highest BCUT2D eigenvalue weighted by molar-refractivity contribution is 5.94. The number of nitrogens with one attached hydrogen (secondary N) is 2. The van der Waals surface area contributed by atoms with E-state index in [4.69, 9.17) is 0 Å². The predicted octanol–water partition coefficient (Wildman–Crippen LogP) is 2.25. The monoisotopic (exact) mass is 264 g/mol. The zero-order valence-electron chi connectivity index (χ0n) is 11.5. The van der Waals surface area contributed by atoms with Gasteiger partial charge in [-0.3, -0.25) is 4.79 Å². The van der Waals surface area contributed by atoms with Gasteiger partial charge < -0.3 is 10.6 Å². The van der Waals surface area contributed by atoms with Crippen LogP contribution in [-0.4, -0.2) is 25.0 Å². The molecule has 2 N–H and O–H groups in total. The molecule has 2 unspecified atom stereocenters. The average Bonchev–Trinajstić information content (AvgIpc) is 2.42. The van der Waals surface area contributed by atoms with Crippen molar-refractivity contribution in [2.45, 2.75) is 32.7 Å². The van der Waals surface area contributed by atoms with E-state index in [2.05, 4.69) is 10.6 Å². The molecule has 1 saturated heterocycles. The van der Waals surface area contributed by atoms with Crippen LogP contribution < -0.4 is 10.6 Å². The lowest BCUT2D eigenvalue weighted by molar-refractivity contribution is 0.0917. The van der Waals surface area contributed by atoms with Crippen LogP contribution in [0.4, 0.5) is 4.39 Å². The molecule has 3 nitrogen and oxygen atoms in total. The van der Waals surface area contributed by atoms with Gasteiger partial charge in [-0.25, -0.2) is 4.39 Å². The molecule has 0 saturated carbocycles. The summed E-state index contributed by atoms with van der Waals surface area (Å²) in [6.07, 6.45) is 2.23. The summed E-state index contributed by atoms with van der Waals surface area (Å²) >= 11 is 0. The predicted molar refractivity (Wildman–Crippen MR) is 73.7 cm³/mol. The van der Waals surface area contributed by atoms with Crippen LogP contribution in [0.15, 0.2) is 18.2 Å². The molecule has 1 aromatic carbocycles. The quantitative estimate of drug-likeness (QED) is 0.879. The normalized spacial score (nSPS) is 20.9. The third kappa shape index (κ3) is 3.32. The van der Waals surface area contributed by atoms with Crippen LogP contribution in [0.1, 0.15) is 35.7 Å². The summed E-state index contributed by atoms with van der Waals surface area (Å²) in [6.45, 7) is 5.62. The molecule has 0 bridgehead atoms. The molecule has 1 amide bonds. The van der Waals surface area contributed by atoms with Gasteiger partial charge in [0, 0.05) is 6.04 Å². The second-order valence-corrected chi connectivity index (χ2v) is 5.31. The number of carbonyl (C=O) groups excluding carboxylic acids is 1. The van der Waals surface area contributed by atoms with E-state index in [1.54, 1.807) is 19.1 Å². The molecule has 0 radical (unpaired) electrons. The summed E-state index contributed by atoms with van der Waals surface area (Å²) in [4.78, 5) is 12.1. The topological polar surface area (TPSA) is 41.1 Å². The van der Waals surface area contributed by atoms with Crippen LogP contribution in [0.25, 0.3) is 0 Å². The Morgan fingerprint density at radius 1 is 1.53 bits per heavy atom. The second-order valence-electron chi connectivity index (χ2n) is 5.31. The Labute approximate surface area is 113 Å². The fourth-order valence-corrected chi connectivity index (χ4v) is 2.53. The highest BCUT2D eigenvalue weighted by Crippen LogP contribution is 2.16. The van der Waals surface area contributed by atoms with Crippen molar-refractivity contribution in [2.24, 2.45) is 5.92 Å². The molecular formula is C15H21FN2O. The van der Waals surface area contributed by atoms with E-state index in [0.29, 0.717) is 11.5 Å². The van der Waals surface area contributed by atoms with E-state index in [-0.39, 0.29) is 17.5 Å². The summed E-state index contributed by atoms with van der Waals surface area (Å²) in [5.41, 5.74) is 0.634. The van der Waals surface area contributed by atoms with E-state index >= 15 is 0 Å². The Morgan fingerprint density at radius 2 is 2.32 bits per heavy atom. The van der Waals surface area contributed by atoms with E-state index in [1.165, 1.54) is 6.07 Å². The zero-order chi connectivity index (χ0) is 13.8. The molecule has 4 heteroatoms. The third-order valence-electron chi connectivity index (χ3n) is 3.84. The zero-order valence-corrected chi connectivity index (χ0v) is 11.5. The van der Waals surface area contributed by atoms with Crippen LogP contribution in [0, 0.1) is 18.7 Å². The minimum atomic E-state index is -0.422. The van der Waals surface area contributed by atoms with Gasteiger partial charge >= 0.3 is 0 Å². The second kappa shape index (κ2) is 6.15. The van der Waals surface area contributed by atoms with Crippen molar-refractivity contribution in [3.63, 3.8) is 0 Å². The maximum absolute atomic E-state index is 13.9. The number of aryl methyl sites for hydroxylation is 1. The number of halogens is 1. The van der Waals surface area contributed by atoms with E-state index < -0.39 is 5.82 Å². The molecule has 1 aliphatic heterocycles. The SMILES string of the molecule is Cc1cccc(C(=O)NC(C)C2CCCNC2)c1F. The summed E-state index contributed by atoms with van der Waals surface area (Å²) in [5.74, 6) is -0.321. The molecule has 0 aromatic heterocycles. The highest BCUT2D eigenvalue weighted by Gasteiger charge is 2.22. The summed E-state index contributed by atoms with van der Waals surface area (Å²) in [7, 11) is 0. The number of hydrogen-bond acceptors (Lipinski definition) is 2. The third-order valence-corrected chi connectivity index (χ3v) is 3.84. The first-order chi connectivity index (χ1) is 9.09. The molecule has 0 spiro atoms. The Kier molecular flexibility index (Phi) is 4.53. The Hall–Kier alpha value is -1.42. The summed E-state index contributed by atoms with van der Waals surface area (Å²) in [5, 5.41) is 6.24. The first-order valence-electron chi connectivity index (χ1n) is 6.86. The average molecular weight is 264 g/mol. The molecule has 2 rings (SSSR count). The Balaban J connectivity index is 2.02. The van der Waals surface area contributed by atoms with Gasteiger partial charge in [0.1, 0.15) is 5.82 Å². The largest absolute Gasteiger partial charge is 0.349 e. The van der Waals surface area contributed by atoms with Gasteiger partial charge in [0.05, 0.1) is 5.56 Å².